The van der Waals surface area contributed by atoms with Crippen LogP contribution in [-0.2, 0) is 14.3 Å². The topological polar surface area (TPSA) is 84.9 Å². The number of phenolic OH excluding ortho intramolecular Hbond substituents is 1. The first-order valence-corrected chi connectivity index (χ1v) is 6.63. The number of esters is 1. The van der Waals surface area contributed by atoms with E-state index in [1.807, 2.05) is 0 Å². The van der Waals surface area contributed by atoms with Crippen LogP contribution in [0, 0.1) is 0 Å². The maximum absolute atomic E-state index is 11.5. The van der Waals surface area contributed by atoms with Crippen LogP contribution >= 0.6 is 0 Å². The van der Waals surface area contributed by atoms with Gasteiger partial charge in [0, 0.05) is 5.69 Å². The highest BCUT2D eigenvalue weighted by atomic mass is 16.5. The van der Waals surface area contributed by atoms with E-state index >= 15 is 0 Å². The highest BCUT2D eigenvalue weighted by Gasteiger charge is 2.14. The van der Waals surface area contributed by atoms with Crippen molar-refractivity contribution in [1.82, 2.24) is 0 Å². The molecule has 0 aliphatic carbocycles. The number of aromatic hydroxyl groups is 1. The number of anilines is 1. The molecule has 0 saturated heterocycles. The summed E-state index contributed by atoms with van der Waals surface area (Å²) in [5, 5.41) is 11.6. The van der Waals surface area contributed by atoms with E-state index in [9.17, 15) is 14.7 Å². The SMILES string of the molecule is CCOC(=O)C(=O)Nc1ccc(Oc2ccc(O)cc2)cc1. The van der Waals surface area contributed by atoms with Crippen molar-refractivity contribution in [2.45, 2.75) is 6.92 Å². The van der Waals surface area contributed by atoms with E-state index in [0.29, 0.717) is 17.2 Å². The van der Waals surface area contributed by atoms with Gasteiger partial charge in [-0.1, -0.05) is 0 Å². The second-order valence-electron chi connectivity index (χ2n) is 4.29. The molecule has 0 fully saturated rings. The van der Waals surface area contributed by atoms with Crippen LogP contribution < -0.4 is 10.1 Å². The molecule has 2 aromatic rings. The van der Waals surface area contributed by atoms with Gasteiger partial charge >= 0.3 is 11.9 Å². The number of amides is 1. The minimum atomic E-state index is -0.924. The zero-order valence-corrected chi connectivity index (χ0v) is 11.9. The van der Waals surface area contributed by atoms with Crippen LogP contribution in [0.25, 0.3) is 0 Å². The van der Waals surface area contributed by atoms with Gasteiger partial charge in [0.1, 0.15) is 17.2 Å². The van der Waals surface area contributed by atoms with Crippen molar-refractivity contribution in [3.8, 4) is 17.2 Å². The van der Waals surface area contributed by atoms with Gasteiger partial charge < -0.3 is 19.9 Å². The van der Waals surface area contributed by atoms with Crippen LogP contribution in [0.5, 0.6) is 17.2 Å². The summed E-state index contributed by atoms with van der Waals surface area (Å²) in [7, 11) is 0. The van der Waals surface area contributed by atoms with Gasteiger partial charge in [0.05, 0.1) is 6.61 Å². The van der Waals surface area contributed by atoms with Crippen molar-refractivity contribution in [3.63, 3.8) is 0 Å². The summed E-state index contributed by atoms with van der Waals surface area (Å²) in [6.07, 6.45) is 0. The van der Waals surface area contributed by atoms with Gasteiger partial charge in [0.25, 0.3) is 0 Å². The van der Waals surface area contributed by atoms with Gasteiger partial charge in [-0.25, -0.2) is 4.79 Å². The molecule has 0 bridgehead atoms. The lowest BCUT2D eigenvalue weighted by molar-refractivity contribution is -0.152. The van der Waals surface area contributed by atoms with Crippen molar-refractivity contribution in [1.29, 1.82) is 0 Å². The molecule has 0 radical (unpaired) electrons. The zero-order chi connectivity index (χ0) is 15.9. The second kappa shape index (κ2) is 7.12. The van der Waals surface area contributed by atoms with Crippen LogP contribution in [-0.4, -0.2) is 23.6 Å². The Balaban J connectivity index is 1.96. The molecule has 0 aliphatic heterocycles. The maximum atomic E-state index is 11.5. The van der Waals surface area contributed by atoms with E-state index in [-0.39, 0.29) is 12.4 Å². The van der Waals surface area contributed by atoms with Gasteiger partial charge in [-0.2, -0.15) is 0 Å². The number of carbonyl (C=O) groups excluding carboxylic acids is 2. The molecule has 114 valence electrons. The Morgan fingerprint density at radius 3 is 2.09 bits per heavy atom. The Bertz CT molecular complexity index is 649. The van der Waals surface area contributed by atoms with Crippen molar-refractivity contribution < 1.29 is 24.2 Å². The van der Waals surface area contributed by atoms with Gasteiger partial charge in [-0.3, -0.25) is 4.79 Å². The van der Waals surface area contributed by atoms with Crippen LogP contribution in [0.4, 0.5) is 5.69 Å². The molecule has 22 heavy (non-hydrogen) atoms. The predicted molar refractivity (Wildman–Crippen MR) is 79.9 cm³/mol. The Morgan fingerprint density at radius 1 is 1.00 bits per heavy atom. The Kier molecular flexibility index (Phi) is 4.98. The number of nitrogens with one attached hydrogen (secondary N) is 1. The molecule has 2 aromatic carbocycles. The minimum Gasteiger partial charge on any atom is -0.508 e. The molecule has 1 amide bonds. The summed E-state index contributed by atoms with van der Waals surface area (Å²) < 4.78 is 10.2. The lowest BCUT2D eigenvalue weighted by Gasteiger charge is -2.08. The van der Waals surface area contributed by atoms with Gasteiger partial charge in [0.2, 0.25) is 0 Å². The lowest BCUT2D eigenvalue weighted by Crippen LogP contribution is -2.24. The summed E-state index contributed by atoms with van der Waals surface area (Å²) in [6.45, 7) is 1.77. The first kappa shape index (κ1) is 15.4. The van der Waals surface area contributed by atoms with Crippen LogP contribution in [0.15, 0.2) is 48.5 Å². The predicted octanol–water partition coefficient (Wildman–Crippen LogP) is 2.69. The number of hydrogen-bond acceptors (Lipinski definition) is 5. The molecule has 2 rings (SSSR count). The van der Waals surface area contributed by atoms with Crippen molar-refractivity contribution in [2.24, 2.45) is 0 Å². The maximum Gasteiger partial charge on any atom is 0.397 e. The first-order chi connectivity index (χ1) is 10.6. The second-order valence-corrected chi connectivity index (χ2v) is 4.29. The van der Waals surface area contributed by atoms with E-state index in [0.717, 1.165) is 0 Å². The average Bonchev–Trinajstić information content (AvgIpc) is 2.51. The Labute approximate surface area is 127 Å². The fourth-order valence-electron chi connectivity index (χ4n) is 1.64. The van der Waals surface area contributed by atoms with Crippen LogP contribution in [0.2, 0.25) is 0 Å². The molecule has 0 spiro atoms. The smallest absolute Gasteiger partial charge is 0.397 e. The van der Waals surface area contributed by atoms with E-state index in [4.69, 9.17) is 4.74 Å². The molecule has 0 aliphatic rings. The monoisotopic (exact) mass is 301 g/mol. The molecule has 6 nitrogen and oxygen atoms in total. The summed E-state index contributed by atoms with van der Waals surface area (Å²) in [4.78, 5) is 22.7. The number of phenols is 1. The third kappa shape index (κ3) is 4.24. The average molecular weight is 301 g/mol. The third-order valence-electron chi connectivity index (χ3n) is 2.65. The van der Waals surface area contributed by atoms with E-state index in [1.54, 1.807) is 43.3 Å². The quantitative estimate of drug-likeness (QED) is 0.670. The highest BCUT2D eigenvalue weighted by molar-refractivity contribution is 6.37. The van der Waals surface area contributed by atoms with Crippen molar-refractivity contribution in [3.05, 3.63) is 48.5 Å². The highest BCUT2D eigenvalue weighted by Crippen LogP contribution is 2.24. The van der Waals surface area contributed by atoms with E-state index in [1.165, 1.54) is 12.1 Å². The Morgan fingerprint density at radius 2 is 1.55 bits per heavy atom. The molecule has 0 saturated carbocycles. The lowest BCUT2D eigenvalue weighted by atomic mass is 10.3. The third-order valence-corrected chi connectivity index (χ3v) is 2.65. The molecule has 0 aromatic heterocycles. The molecule has 6 heteroatoms. The normalized spacial score (nSPS) is 9.86. The standard InChI is InChI=1S/C16H15NO5/c1-2-21-16(20)15(19)17-11-3-7-13(8-4-11)22-14-9-5-12(18)6-10-14/h3-10,18H,2H2,1H3,(H,17,19). The van der Waals surface area contributed by atoms with E-state index < -0.39 is 11.9 Å². The molecule has 0 heterocycles. The molecular formula is C16H15NO5. The minimum absolute atomic E-state index is 0.145. The number of rotatable bonds is 4. The summed E-state index contributed by atoms with van der Waals surface area (Å²) >= 11 is 0. The molecule has 0 atom stereocenters. The number of ether oxygens (including phenoxy) is 2. The number of benzene rings is 2. The fourth-order valence-corrected chi connectivity index (χ4v) is 1.64. The first-order valence-electron chi connectivity index (χ1n) is 6.63. The van der Waals surface area contributed by atoms with Crippen molar-refractivity contribution >= 4 is 17.6 Å². The van der Waals surface area contributed by atoms with Gasteiger partial charge in [-0.15, -0.1) is 0 Å². The van der Waals surface area contributed by atoms with Crippen LogP contribution in [0.1, 0.15) is 6.92 Å². The van der Waals surface area contributed by atoms with E-state index in [2.05, 4.69) is 10.1 Å². The van der Waals surface area contributed by atoms with Gasteiger partial charge in [-0.05, 0) is 55.5 Å². The van der Waals surface area contributed by atoms with Crippen LogP contribution in [0.3, 0.4) is 0 Å². The molecular weight excluding hydrogens is 286 g/mol. The van der Waals surface area contributed by atoms with Crippen molar-refractivity contribution in [2.75, 3.05) is 11.9 Å². The summed E-state index contributed by atoms with van der Waals surface area (Å²) in [5.41, 5.74) is 0.455. The molecule has 2 N–H and O–H groups in total. The fraction of sp³-hybridized carbons (Fsp3) is 0.125. The number of carbonyl (C=O) groups is 2. The largest absolute Gasteiger partial charge is 0.508 e. The zero-order valence-electron chi connectivity index (χ0n) is 11.9. The summed E-state index contributed by atoms with van der Waals surface area (Å²) in [6, 6.07) is 12.8. The number of hydrogen-bond donors (Lipinski definition) is 2. The van der Waals surface area contributed by atoms with Gasteiger partial charge in [0.15, 0.2) is 0 Å². The summed E-state index contributed by atoms with van der Waals surface area (Å²) in [5.74, 6) is -0.466. The molecule has 0 unspecified atom stereocenters. The Hall–Kier alpha value is -3.02.